The topological polar surface area (TPSA) is 237 Å². The van der Waals surface area contributed by atoms with E-state index in [0.29, 0.717) is 25.7 Å². The maximum absolute atomic E-state index is 13.1. The number of hydrogen-bond donors (Lipinski definition) is 3. The summed E-state index contributed by atoms with van der Waals surface area (Å²) in [4.78, 5) is 72.5. The molecule has 0 heterocycles. The average Bonchev–Trinajstić information content (AvgIpc) is 1.73. The van der Waals surface area contributed by atoms with Gasteiger partial charge in [0.1, 0.15) is 19.3 Å². The number of aliphatic hydroxyl groups excluding tert-OH is 1. The van der Waals surface area contributed by atoms with Gasteiger partial charge in [0.15, 0.2) is 12.2 Å². The Morgan fingerprint density at radius 3 is 0.731 bits per heavy atom. The highest BCUT2D eigenvalue weighted by Gasteiger charge is 2.30. The van der Waals surface area contributed by atoms with Gasteiger partial charge in [0, 0.05) is 25.7 Å². The highest BCUT2D eigenvalue weighted by atomic mass is 31.2. The highest BCUT2D eigenvalue weighted by Crippen LogP contribution is 2.45. The van der Waals surface area contributed by atoms with Crippen molar-refractivity contribution in [3.8, 4) is 0 Å². The quantitative estimate of drug-likeness (QED) is 0.0222. The Labute approximate surface area is 568 Å². The molecule has 17 nitrogen and oxygen atoms in total. The van der Waals surface area contributed by atoms with E-state index in [0.717, 1.165) is 114 Å². The van der Waals surface area contributed by atoms with Gasteiger partial charge in [-0.05, 0) is 43.4 Å². The van der Waals surface area contributed by atoms with Crippen LogP contribution >= 0.6 is 15.6 Å². The van der Waals surface area contributed by atoms with Gasteiger partial charge in [-0.25, -0.2) is 9.13 Å². The molecule has 3 N–H and O–H groups in total. The summed E-state index contributed by atoms with van der Waals surface area (Å²) in [5.41, 5.74) is 0. The minimum Gasteiger partial charge on any atom is -0.462 e. The number of esters is 4. The van der Waals surface area contributed by atoms with Crippen molar-refractivity contribution in [2.75, 3.05) is 39.6 Å². The third-order valence-corrected chi connectivity index (χ3v) is 19.0. The van der Waals surface area contributed by atoms with E-state index in [2.05, 4.69) is 48.5 Å². The van der Waals surface area contributed by atoms with Crippen LogP contribution in [0.4, 0.5) is 0 Å². The lowest BCUT2D eigenvalue weighted by molar-refractivity contribution is -0.161. The lowest BCUT2D eigenvalue weighted by Gasteiger charge is -2.21. The molecular weight excluding hydrogens is 1220 g/mol. The molecular formula is C74H144O17P2. The van der Waals surface area contributed by atoms with Crippen LogP contribution in [0.1, 0.15) is 376 Å². The molecule has 0 aliphatic rings. The van der Waals surface area contributed by atoms with Crippen molar-refractivity contribution in [1.82, 2.24) is 0 Å². The lowest BCUT2D eigenvalue weighted by Crippen LogP contribution is -2.30. The fourth-order valence-electron chi connectivity index (χ4n) is 11.2. The van der Waals surface area contributed by atoms with E-state index in [1.807, 2.05) is 0 Å². The number of aliphatic hydroxyl groups is 1. The van der Waals surface area contributed by atoms with Gasteiger partial charge in [-0.15, -0.1) is 0 Å². The van der Waals surface area contributed by atoms with Crippen LogP contribution in [0.5, 0.6) is 0 Å². The van der Waals surface area contributed by atoms with Crippen LogP contribution in [0.25, 0.3) is 0 Å². The summed E-state index contributed by atoms with van der Waals surface area (Å²) in [5, 5.41) is 10.6. The number of hydrogen-bond acceptors (Lipinski definition) is 15. The van der Waals surface area contributed by atoms with E-state index in [1.165, 1.54) is 180 Å². The van der Waals surface area contributed by atoms with Crippen molar-refractivity contribution < 1.29 is 80.2 Å². The van der Waals surface area contributed by atoms with E-state index in [4.69, 9.17) is 37.0 Å². The molecule has 0 fully saturated rings. The number of ether oxygens (including phenoxy) is 4. The first-order valence-electron chi connectivity index (χ1n) is 38.3. The molecule has 0 radical (unpaired) electrons. The van der Waals surface area contributed by atoms with Crippen molar-refractivity contribution in [1.29, 1.82) is 0 Å². The second kappa shape index (κ2) is 64.7. The molecule has 5 atom stereocenters. The zero-order chi connectivity index (χ0) is 68.7. The smallest absolute Gasteiger partial charge is 0.462 e. The Bertz CT molecular complexity index is 1820. The molecule has 0 spiro atoms. The van der Waals surface area contributed by atoms with Crippen molar-refractivity contribution in [2.24, 2.45) is 17.8 Å². The van der Waals surface area contributed by atoms with Gasteiger partial charge in [0.2, 0.25) is 0 Å². The molecule has 0 saturated carbocycles. The van der Waals surface area contributed by atoms with Crippen LogP contribution in [0.2, 0.25) is 0 Å². The summed E-state index contributed by atoms with van der Waals surface area (Å²) in [5.74, 6) is 0.229. The van der Waals surface area contributed by atoms with E-state index in [9.17, 15) is 43.2 Å². The van der Waals surface area contributed by atoms with Gasteiger partial charge in [-0.3, -0.25) is 37.3 Å². The predicted octanol–water partition coefficient (Wildman–Crippen LogP) is 21.4. The summed E-state index contributed by atoms with van der Waals surface area (Å²) in [6, 6.07) is 0. The van der Waals surface area contributed by atoms with Gasteiger partial charge in [-0.2, -0.15) is 0 Å². The van der Waals surface area contributed by atoms with E-state index >= 15 is 0 Å². The number of phosphoric acid groups is 2. The van der Waals surface area contributed by atoms with Crippen molar-refractivity contribution in [3.63, 3.8) is 0 Å². The van der Waals surface area contributed by atoms with Gasteiger partial charge in [0.05, 0.1) is 26.4 Å². The van der Waals surface area contributed by atoms with E-state index in [1.54, 1.807) is 0 Å². The third-order valence-electron chi connectivity index (χ3n) is 17.1. The summed E-state index contributed by atoms with van der Waals surface area (Å²) in [7, 11) is -9.90. The maximum atomic E-state index is 13.1. The van der Waals surface area contributed by atoms with Crippen LogP contribution in [0.15, 0.2) is 0 Å². The van der Waals surface area contributed by atoms with Crippen LogP contribution in [-0.2, 0) is 65.4 Å². The Kier molecular flexibility index (Phi) is 63.4. The molecule has 0 amide bonds. The Morgan fingerprint density at radius 1 is 0.290 bits per heavy atom. The summed E-state index contributed by atoms with van der Waals surface area (Å²) in [6.07, 6.45) is 50.3. The molecule has 19 heteroatoms. The molecule has 552 valence electrons. The number of carbonyl (C=O) groups is 4. The normalized spacial score (nSPS) is 14.1. The molecule has 0 aliphatic carbocycles. The fourth-order valence-corrected chi connectivity index (χ4v) is 12.8. The lowest BCUT2D eigenvalue weighted by atomic mass is 10.0. The molecule has 2 unspecified atom stereocenters. The third kappa shape index (κ3) is 68.4. The van der Waals surface area contributed by atoms with Crippen molar-refractivity contribution >= 4 is 39.5 Å². The first kappa shape index (κ1) is 91.1. The van der Waals surface area contributed by atoms with Crippen LogP contribution in [0, 0.1) is 17.8 Å². The molecule has 0 aromatic heterocycles. The van der Waals surface area contributed by atoms with E-state index < -0.39 is 97.5 Å². The minimum absolute atomic E-state index is 0.105. The van der Waals surface area contributed by atoms with E-state index in [-0.39, 0.29) is 25.7 Å². The molecule has 0 aromatic carbocycles. The van der Waals surface area contributed by atoms with Crippen molar-refractivity contribution in [2.45, 2.75) is 394 Å². The van der Waals surface area contributed by atoms with Gasteiger partial charge >= 0.3 is 39.5 Å². The SMILES string of the molecule is CCCCCCCC(=O)OC[C@H](COP(=O)(O)OC[C@H](O)COP(=O)(O)OC[C@@H](COC(=O)CCCCCCCCCCCCCCCCC(C)C)OC(=O)CCCCCCCCCCCCCCCCC(C)C)OC(=O)CCCCCCCCCCCCCC(C)C. The molecule has 0 saturated heterocycles. The van der Waals surface area contributed by atoms with Gasteiger partial charge < -0.3 is 33.8 Å². The monoisotopic (exact) mass is 1370 g/mol. The number of phosphoric ester groups is 2. The average molecular weight is 1370 g/mol. The van der Waals surface area contributed by atoms with Crippen LogP contribution in [-0.4, -0.2) is 96.7 Å². The zero-order valence-electron chi connectivity index (χ0n) is 60.7. The van der Waals surface area contributed by atoms with Crippen LogP contribution < -0.4 is 0 Å². The second-order valence-corrected chi connectivity index (χ2v) is 31.0. The van der Waals surface area contributed by atoms with Crippen LogP contribution in [0.3, 0.4) is 0 Å². The Balaban J connectivity index is 5.15. The fraction of sp³-hybridized carbons (Fsp3) is 0.946. The molecule has 0 bridgehead atoms. The Morgan fingerprint density at radius 2 is 0.495 bits per heavy atom. The Hall–Kier alpha value is -1.94. The maximum Gasteiger partial charge on any atom is 0.472 e. The molecule has 0 rings (SSSR count). The first-order chi connectivity index (χ1) is 44.7. The minimum atomic E-state index is -4.95. The zero-order valence-corrected chi connectivity index (χ0v) is 62.5. The summed E-state index contributed by atoms with van der Waals surface area (Å²) in [6.45, 7) is 11.8. The second-order valence-electron chi connectivity index (χ2n) is 28.1. The molecule has 0 aromatic rings. The summed E-state index contributed by atoms with van der Waals surface area (Å²) < 4.78 is 68.2. The standard InChI is InChI=1S/C74H144O17P2/c1-8-9-10-38-48-55-71(76)84-61-69(90-73(78)58-51-44-37-31-25-19-22-28-34-41-47-54-67(6)7)63-88-92(80,81)86-59-68(75)60-87-93(82,83)89-64-70(91-74(79)57-50-43-36-30-24-18-14-12-16-21-27-33-40-46-53-66(4)5)62-85-72(77)56-49-42-35-29-23-17-13-11-15-20-26-32-39-45-52-65(2)3/h65-70,75H,8-64H2,1-7H3,(H,80,81)(H,82,83)/t68-,69+,70+/m0/s1. The molecule has 93 heavy (non-hydrogen) atoms. The number of rotatable bonds is 72. The van der Waals surface area contributed by atoms with Crippen molar-refractivity contribution in [3.05, 3.63) is 0 Å². The number of carbonyl (C=O) groups excluding carboxylic acids is 4. The molecule has 0 aliphatic heterocycles. The van der Waals surface area contributed by atoms with Gasteiger partial charge in [0.25, 0.3) is 0 Å². The first-order valence-corrected chi connectivity index (χ1v) is 41.3. The predicted molar refractivity (Wildman–Crippen MR) is 377 cm³/mol. The van der Waals surface area contributed by atoms with Gasteiger partial charge in [-0.1, -0.05) is 325 Å². The largest absolute Gasteiger partial charge is 0.472 e. The summed E-state index contributed by atoms with van der Waals surface area (Å²) >= 11 is 0. The highest BCUT2D eigenvalue weighted by molar-refractivity contribution is 7.47. The number of unbranched alkanes of at least 4 members (excludes halogenated alkanes) is 40.